The van der Waals surface area contributed by atoms with E-state index in [-0.39, 0.29) is 9.92 Å². The molecule has 0 atom stereocenters. The summed E-state index contributed by atoms with van der Waals surface area (Å²) in [4.78, 5) is 8.30. The quantitative estimate of drug-likeness (QED) is 0.808. The minimum absolute atomic E-state index is 0.148. The number of nitrogens with zero attached hydrogens (tertiary/aromatic N) is 4. The number of rotatable bonds is 4. The molecule has 0 bridgehead atoms. The van der Waals surface area contributed by atoms with Gasteiger partial charge < -0.3 is 9.80 Å². The van der Waals surface area contributed by atoms with Crippen LogP contribution in [0.4, 0.5) is 10.8 Å². The molecule has 1 aliphatic rings. The molecule has 2 heterocycles. The minimum atomic E-state index is -3.61. The first kappa shape index (κ1) is 17.6. The van der Waals surface area contributed by atoms with Gasteiger partial charge >= 0.3 is 0 Å². The molecule has 1 aliphatic heterocycles. The van der Waals surface area contributed by atoms with E-state index in [1.807, 2.05) is 19.5 Å². The molecule has 6 nitrogen and oxygen atoms in total. The number of thiazole rings is 1. The Balaban J connectivity index is 1.96. The van der Waals surface area contributed by atoms with Crippen LogP contribution in [0.2, 0.25) is 5.02 Å². The predicted octanol–water partition coefficient (Wildman–Crippen LogP) is 2.50. The van der Waals surface area contributed by atoms with Crippen LogP contribution in [-0.4, -0.2) is 62.9 Å². The van der Waals surface area contributed by atoms with Gasteiger partial charge in [0.2, 0.25) is 10.0 Å². The monoisotopic (exact) mass is 386 g/mol. The van der Waals surface area contributed by atoms with Crippen LogP contribution < -0.4 is 4.90 Å². The summed E-state index contributed by atoms with van der Waals surface area (Å²) in [7, 11) is 0.202. The fourth-order valence-corrected chi connectivity index (χ4v) is 5.28. The van der Waals surface area contributed by atoms with Crippen molar-refractivity contribution in [1.82, 2.24) is 14.2 Å². The van der Waals surface area contributed by atoms with Crippen molar-refractivity contribution in [2.24, 2.45) is 0 Å². The van der Waals surface area contributed by atoms with Crippen LogP contribution in [0.15, 0.2) is 34.7 Å². The number of likely N-dealkylation sites (N-methyl/N-ethyl adjacent to an activating group) is 1. The second-order valence-electron chi connectivity index (χ2n) is 5.67. The zero-order valence-electron chi connectivity index (χ0n) is 13.5. The first-order valence-electron chi connectivity index (χ1n) is 7.51. The lowest BCUT2D eigenvalue weighted by atomic mass is 10.3. The van der Waals surface area contributed by atoms with Crippen molar-refractivity contribution < 1.29 is 8.42 Å². The van der Waals surface area contributed by atoms with E-state index in [9.17, 15) is 8.42 Å². The largest absolute Gasteiger partial charge is 0.319 e. The average Bonchev–Trinajstić information content (AvgIpc) is 3.09. The highest BCUT2D eigenvalue weighted by Crippen LogP contribution is 2.36. The van der Waals surface area contributed by atoms with Gasteiger partial charge in [0.25, 0.3) is 0 Å². The van der Waals surface area contributed by atoms with Gasteiger partial charge in [0.1, 0.15) is 4.90 Å². The number of hydrogen-bond donors (Lipinski definition) is 0. The SMILES string of the molecule is CN1CCN(S(=O)(=O)c2cccc(N(C)c3nccs3)c2Cl)CC1. The van der Waals surface area contributed by atoms with E-state index in [4.69, 9.17) is 11.6 Å². The second kappa shape index (κ2) is 6.97. The zero-order chi connectivity index (χ0) is 17.3. The van der Waals surface area contributed by atoms with Gasteiger partial charge in [-0.3, -0.25) is 0 Å². The molecule has 0 N–H and O–H groups in total. The van der Waals surface area contributed by atoms with Gasteiger partial charge in [0, 0.05) is 44.8 Å². The highest BCUT2D eigenvalue weighted by Gasteiger charge is 2.30. The van der Waals surface area contributed by atoms with Crippen molar-refractivity contribution in [2.75, 3.05) is 45.2 Å². The van der Waals surface area contributed by atoms with Gasteiger partial charge in [-0.15, -0.1) is 11.3 Å². The summed E-state index contributed by atoms with van der Waals surface area (Å²) >= 11 is 7.94. The predicted molar refractivity (Wildman–Crippen MR) is 97.9 cm³/mol. The summed E-state index contributed by atoms with van der Waals surface area (Å²) in [6.07, 6.45) is 1.70. The highest BCUT2D eigenvalue weighted by atomic mass is 35.5. The number of aromatic nitrogens is 1. The van der Waals surface area contributed by atoms with E-state index in [0.717, 1.165) is 18.2 Å². The van der Waals surface area contributed by atoms with Crippen molar-refractivity contribution in [3.63, 3.8) is 0 Å². The highest BCUT2D eigenvalue weighted by molar-refractivity contribution is 7.89. The van der Waals surface area contributed by atoms with Crippen LogP contribution in [0.1, 0.15) is 0 Å². The number of piperazine rings is 1. The first-order chi connectivity index (χ1) is 11.4. The lowest BCUT2D eigenvalue weighted by Crippen LogP contribution is -2.47. The minimum Gasteiger partial charge on any atom is -0.319 e. The number of anilines is 2. The fourth-order valence-electron chi connectivity index (χ4n) is 2.61. The second-order valence-corrected chi connectivity index (χ2v) is 8.83. The summed E-state index contributed by atoms with van der Waals surface area (Å²) in [5.74, 6) is 0. The molecule has 24 heavy (non-hydrogen) atoms. The van der Waals surface area contributed by atoms with Crippen LogP contribution in [0.5, 0.6) is 0 Å². The van der Waals surface area contributed by atoms with Gasteiger partial charge in [-0.05, 0) is 19.2 Å². The maximum Gasteiger partial charge on any atom is 0.244 e. The number of sulfonamides is 1. The molecule has 0 saturated carbocycles. The van der Waals surface area contributed by atoms with E-state index in [0.29, 0.717) is 18.8 Å². The number of benzene rings is 1. The molecule has 1 fully saturated rings. The lowest BCUT2D eigenvalue weighted by molar-refractivity contribution is 0.222. The van der Waals surface area contributed by atoms with Gasteiger partial charge in [-0.2, -0.15) is 4.31 Å². The summed E-state index contributed by atoms with van der Waals surface area (Å²) in [5, 5.41) is 2.85. The average molecular weight is 387 g/mol. The molecule has 0 spiro atoms. The van der Waals surface area contributed by atoms with E-state index in [1.165, 1.54) is 15.6 Å². The Morgan fingerprint density at radius 1 is 1.25 bits per heavy atom. The lowest BCUT2D eigenvalue weighted by Gasteiger charge is -2.32. The third-order valence-corrected chi connectivity index (χ3v) is 7.39. The molecule has 1 aromatic heterocycles. The van der Waals surface area contributed by atoms with Crippen LogP contribution in [-0.2, 0) is 10.0 Å². The van der Waals surface area contributed by atoms with E-state index in [1.54, 1.807) is 29.3 Å². The van der Waals surface area contributed by atoms with Crippen molar-refractivity contribution in [3.05, 3.63) is 34.8 Å². The Morgan fingerprint density at radius 2 is 1.96 bits per heavy atom. The van der Waals surface area contributed by atoms with Gasteiger partial charge in [0.15, 0.2) is 5.13 Å². The van der Waals surface area contributed by atoms with Crippen molar-refractivity contribution in [3.8, 4) is 0 Å². The molecule has 2 aromatic rings. The summed E-state index contributed by atoms with van der Waals surface area (Å²) in [5.41, 5.74) is 0.627. The molecular formula is C15H19ClN4O2S2. The molecule has 0 aliphatic carbocycles. The zero-order valence-corrected chi connectivity index (χ0v) is 15.9. The third kappa shape index (κ3) is 3.29. The standard InChI is InChI=1S/C15H19ClN4O2S2/c1-18-7-9-20(10-8-18)24(21,22)13-5-3-4-12(14(13)16)19(2)15-17-6-11-23-15/h3-6,11H,7-10H2,1-2H3. The molecule has 1 aromatic carbocycles. The molecule has 0 amide bonds. The normalized spacial score (nSPS) is 17.1. The summed E-state index contributed by atoms with van der Waals surface area (Å²) < 4.78 is 27.4. The van der Waals surface area contributed by atoms with Crippen molar-refractivity contribution >= 4 is 43.8 Å². The Kier molecular flexibility index (Phi) is 5.12. The number of hydrogen-bond acceptors (Lipinski definition) is 6. The van der Waals surface area contributed by atoms with Crippen LogP contribution in [0.25, 0.3) is 0 Å². The Bertz CT molecular complexity index is 803. The molecule has 1 saturated heterocycles. The van der Waals surface area contributed by atoms with Gasteiger partial charge in [-0.25, -0.2) is 13.4 Å². The van der Waals surface area contributed by atoms with Gasteiger partial charge in [0.05, 0.1) is 10.7 Å². The summed E-state index contributed by atoms with van der Waals surface area (Å²) in [6, 6.07) is 5.08. The fraction of sp³-hybridized carbons (Fsp3) is 0.400. The molecule has 9 heteroatoms. The topological polar surface area (TPSA) is 56.8 Å². The third-order valence-electron chi connectivity index (χ3n) is 4.09. The van der Waals surface area contributed by atoms with E-state index in [2.05, 4.69) is 9.88 Å². The van der Waals surface area contributed by atoms with E-state index >= 15 is 0 Å². The van der Waals surface area contributed by atoms with Crippen LogP contribution >= 0.6 is 22.9 Å². The van der Waals surface area contributed by atoms with Crippen molar-refractivity contribution in [2.45, 2.75) is 4.90 Å². The van der Waals surface area contributed by atoms with E-state index < -0.39 is 10.0 Å². The summed E-state index contributed by atoms with van der Waals surface area (Å²) in [6.45, 7) is 2.38. The van der Waals surface area contributed by atoms with Crippen LogP contribution in [0.3, 0.4) is 0 Å². The first-order valence-corrected chi connectivity index (χ1v) is 10.2. The molecular weight excluding hydrogens is 368 g/mol. The molecule has 0 radical (unpaired) electrons. The number of halogens is 1. The molecule has 3 rings (SSSR count). The molecule has 0 unspecified atom stereocenters. The Morgan fingerprint density at radius 3 is 2.58 bits per heavy atom. The van der Waals surface area contributed by atoms with Crippen molar-refractivity contribution in [1.29, 1.82) is 0 Å². The maximum absolute atomic E-state index is 13.0. The molecule has 130 valence electrons. The van der Waals surface area contributed by atoms with Crippen LogP contribution in [0, 0.1) is 0 Å². The van der Waals surface area contributed by atoms with Gasteiger partial charge in [-0.1, -0.05) is 17.7 Å². The Hall–Kier alpha value is -1.19. The Labute approximate surface area is 151 Å². The smallest absolute Gasteiger partial charge is 0.244 e. The maximum atomic E-state index is 13.0.